The zero-order chi connectivity index (χ0) is 18.1. The van der Waals surface area contributed by atoms with Crippen LogP contribution in [0.15, 0.2) is 41.2 Å². The molecule has 1 fully saturated rings. The number of aryl methyl sites for hydroxylation is 1. The third kappa shape index (κ3) is 3.41. The van der Waals surface area contributed by atoms with E-state index in [1.165, 1.54) is 24.1 Å². The lowest BCUT2D eigenvalue weighted by molar-refractivity contribution is -0.121. The summed E-state index contributed by atoms with van der Waals surface area (Å²) < 4.78 is 1.10. The molecule has 25 heavy (non-hydrogen) atoms. The maximum Gasteiger partial charge on any atom is 0.275 e. The van der Waals surface area contributed by atoms with Crippen molar-refractivity contribution in [1.82, 2.24) is 14.7 Å². The number of piperazine rings is 1. The molecule has 8 heteroatoms. The first kappa shape index (κ1) is 17.2. The number of benzene rings is 1. The highest BCUT2D eigenvalue weighted by Gasteiger charge is 2.34. The highest BCUT2D eigenvalue weighted by atomic mass is 35.5. The van der Waals surface area contributed by atoms with Gasteiger partial charge in [0.2, 0.25) is 5.91 Å². The van der Waals surface area contributed by atoms with Crippen LogP contribution in [0.5, 0.6) is 0 Å². The van der Waals surface area contributed by atoms with Crippen LogP contribution in [0, 0.1) is 0 Å². The average Bonchev–Trinajstić information content (AvgIpc) is 2.58. The minimum atomic E-state index is -0.373. The van der Waals surface area contributed by atoms with Gasteiger partial charge in [-0.05, 0) is 31.2 Å². The normalized spacial score (nSPS) is 17.7. The molecule has 1 saturated heterocycles. The Morgan fingerprint density at radius 1 is 1.24 bits per heavy atom. The van der Waals surface area contributed by atoms with Gasteiger partial charge >= 0.3 is 0 Å². The third-order valence-corrected chi connectivity index (χ3v) is 4.38. The number of anilines is 1. The summed E-state index contributed by atoms with van der Waals surface area (Å²) in [6.07, 6.45) is 0. The molecule has 0 saturated carbocycles. The summed E-state index contributed by atoms with van der Waals surface area (Å²) in [4.78, 5) is 39.7. The lowest BCUT2D eigenvalue weighted by atomic mass is 10.1. The lowest BCUT2D eigenvalue weighted by Crippen LogP contribution is -2.57. The Hall–Kier alpha value is -2.67. The van der Waals surface area contributed by atoms with Gasteiger partial charge in [-0.3, -0.25) is 14.4 Å². The van der Waals surface area contributed by atoms with Gasteiger partial charge in [-0.1, -0.05) is 17.7 Å². The van der Waals surface area contributed by atoms with Crippen LogP contribution in [0.2, 0.25) is 5.02 Å². The Balaban J connectivity index is 1.82. The van der Waals surface area contributed by atoms with Gasteiger partial charge in [0, 0.05) is 36.4 Å². The van der Waals surface area contributed by atoms with E-state index in [1.54, 1.807) is 23.1 Å². The summed E-state index contributed by atoms with van der Waals surface area (Å²) in [6, 6.07) is 9.51. The highest BCUT2D eigenvalue weighted by molar-refractivity contribution is 6.30. The quantitative estimate of drug-likeness (QED) is 0.809. The maximum absolute atomic E-state index is 12.7. The molecule has 2 heterocycles. The molecule has 1 aliphatic heterocycles. The molecule has 3 rings (SSSR count). The minimum Gasteiger partial charge on any atom is -0.323 e. The maximum atomic E-state index is 12.7. The first-order valence-corrected chi connectivity index (χ1v) is 8.16. The van der Waals surface area contributed by atoms with Crippen molar-refractivity contribution in [3.63, 3.8) is 0 Å². The monoisotopic (exact) mass is 360 g/mol. The van der Waals surface area contributed by atoms with Crippen molar-refractivity contribution in [3.8, 4) is 0 Å². The molecule has 7 nitrogen and oxygen atoms in total. The molecule has 2 amide bonds. The van der Waals surface area contributed by atoms with E-state index < -0.39 is 0 Å². The number of hydrogen-bond acceptors (Lipinski definition) is 4. The van der Waals surface area contributed by atoms with Crippen molar-refractivity contribution in [1.29, 1.82) is 0 Å². The second-order valence-corrected chi connectivity index (χ2v) is 6.38. The first-order chi connectivity index (χ1) is 11.9. The molecule has 0 radical (unpaired) electrons. The fourth-order valence-corrected chi connectivity index (χ4v) is 2.96. The number of rotatable bonds is 2. The fourth-order valence-electron chi connectivity index (χ4n) is 2.78. The summed E-state index contributed by atoms with van der Waals surface area (Å²) in [5.41, 5.74) is 0.543. The molecule has 1 atom stereocenters. The molecule has 1 aliphatic rings. The van der Waals surface area contributed by atoms with Crippen LogP contribution >= 0.6 is 11.6 Å². The predicted molar refractivity (Wildman–Crippen MR) is 93.8 cm³/mol. The van der Waals surface area contributed by atoms with Crippen LogP contribution in [0.3, 0.4) is 0 Å². The van der Waals surface area contributed by atoms with Crippen LogP contribution < -0.4 is 10.5 Å². The summed E-state index contributed by atoms with van der Waals surface area (Å²) in [6.45, 7) is 2.16. The van der Waals surface area contributed by atoms with Gasteiger partial charge < -0.3 is 9.80 Å². The Morgan fingerprint density at radius 3 is 2.68 bits per heavy atom. The molecule has 0 unspecified atom stereocenters. The number of aromatic nitrogens is 2. The van der Waals surface area contributed by atoms with Gasteiger partial charge in [0.1, 0.15) is 12.2 Å². The first-order valence-electron chi connectivity index (χ1n) is 7.78. The molecule has 0 aliphatic carbocycles. The molecule has 1 aromatic carbocycles. The van der Waals surface area contributed by atoms with E-state index in [2.05, 4.69) is 5.10 Å². The summed E-state index contributed by atoms with van der Waals surface area (Å²) in [7, 11) is 1.48. The molecular formula is C17H17ClN4O3. The predicted octanol–water partition coefficient (Wildman–Crippen LogP) is 1.31. The van der Waals surface area contributed by atoms with Crippen molar-refractivity contribution < 1.29 is 9.59 Å². The average molecular weight is 361 g/mol. The van der Waals surface area contributed by atoms with Crippen LogP contribution in [-0.4, -0.2) is 45.6 Å². The molecule has 0 N–H and O–H groups in total. The van der Waals surface area contributed by atoms with E-state index in [0.717, 1.165) is 4.68 Å². The Labute approximate surface area is 149 Å². The number of halogens is 1. The number of carbonyl (C=O) groups is 2. The molecule has 0 spiro atoms. The van der Waals surface area contributed by atoms with Crippen LogP contribution in [0.25, 0.3) is 0 Å². The second kappa shape index (κ2) is 6.68. The number of nitrogens with zero attached hydrogens (tertiary/aromatic N) is 4. The van der Waals surface area contributed by atoms with Gasteiger partial charge in [-0.15, -0.1) is 0 Å². The molecule has 0 bridgehead atoms. The van der Waals surface area contributed by atoms with Gasteiger partial charge in [-0.2, -0.15) is 5.10 Å². The standard InChI is InChI=1S/C17H17ClN4O3/c1-11-9-22(13-5-3-4-12(18)8-13)16(24)10-21(11)17(25)14-6-7-15(23)20(2)19-14/h3-8,11H,9-10H2,1-2H3/t11-/m0/s1. The van der Waals surface area contributed by atoms with Crippen LogP contribution in [-0.2, 0) is 11.8 Å². The minimum absolute atomic E-state index is 0.0585. The summed E-state index contributed by atoms with van der Waals surface area (Å²) >= 11 is 6.00. The molecule has 130 valence electrons. The van der Waals surface area contributed by atoms with Gasteiger partial charge in [-0.25, -0.2) is 4.68 Å². The zero-order valence-electron chi connectivity index (χ0n) is 13.8. The van der Waals surface area contributed by atoms with Gasteiger partial charge in [0.15, 0.2) is 0 Å². The second-order valence-electron chi connectivity index (χ2n) is 5.95. The fraction of sp³-hybridized carbons (Fsp3) is 0.294. The Morgan fingerprint density at radius 2 is 2.00 bits per heavy atom. The third-order valence-electron chi connectivity index (χ3n) is 4.15. The van der Waals surface area contributed by atoms with E-state index in [1.807, 2.05) is 13.0 Å². The molecular weight excluding hydrogens is 344 g/mol. The van der Waals surface area contributed by atoms with Gasteiger partial charge in [0.05, 0.1) is 0 Å². The smallest absolute Gasteiger partial charge is 0.275 e. The van der Waals surface area contributed by atoms with Gasteiger partial charge in [0.25, 0.3) is 11.5 Å². The van der Waals surface area contributed by atoms with Crippen molar-refractivity contribution in [2.24, 2.45) is 7.05 Å². The Kier molecular flexibility index (Phi) is 4.59. The summed E-state index contributed by atoms with van der Waals surface area (Å²) in [5.74, 6) is -0.569. The van der Waals surface area contributed by atoms with Crippen molar-refractivity contribution in [2.45, 2.75) is 13.0 Å². The van der Waals surface area contributed by atoms with E-state index in [9.17, 15) is 14.4 Å². The summed E-state index contributed by atoms with van der Waals surface area (Å²) in [5, 5.41) is 4.51. The number of carbonyl (C=O) groups excluding carboxylic acids is 2. The van der Waals surface area contributed by atoms with E-state index in [4.69, 9.17) is 11.6 Å². The molecule has 1 aromatic heterocycles. The van der Waals surface area contributed by atoms with Crippen molar-refractivity contribution in [3.05, 3.63) is 57.5 Å². The largest absolute Gasteiger partial charge is 0.323 e. The van der Waals surface area contributed by atoms with E-state index >= 15 is 0 Å². The van der Waals surface area contributed by atoms with E-state index in [-0.39, 0.29) is 35.7 Å². The van der Waals surface area contributed by atoms with Crippen LogP contribution in [0.4, 0.5) is 5.69 Å². The SMILES string of the molecule is C[C@H]1CN(c2cccc(Cl)c2)C(=O)CN1C(=O)c1ccc(=O)n(C)n1. The molecule has 2 aromatic rings. The highest BCUT2D eigenvalue weighted by Crippen LogP contribution is 2.23. The lowest BCUT2D eigenvalue weighted by Gasteiger charge is -2.39. The zero-order valence-corrected chi connectivity index (χ0v) is 14.6. The Bertz CT molecular complexity index is 895. The number of hydrogen-bond donors (Lipinski definition) is 0. The van der Waals surface area contributed by atoms with Crippen LogP contribution in [0.1, 0.15) is 17.4 Å². The number of amides is 2. The van der Waals surface area contributed by atoms with Crippen molar-refractivity contribution >= 4 is 29.1 Å². The van der Waals surface area contributed by atoms with Crippen molar-refractivity contribution in [2.75, 3.05) is 18.0 Å². The topological polar surface area (TPSA) is 75.5 Å². The van der Waals surface area contributed by atoms with E-state index in [0.29, 0.717) is 17.3 Å².